The van der Waals surface area contributed by atoms with Crippen LogP contribution in [-0.2, 0) is 0 Å². The van der Waals surface area contributed by atoms with E-state index in [0.29, 0.717) is 0 Å². The molecule has 7 rings (SSSR count). The smallest absolute Gasteiger partial charge is 0.149 e. The van der Waals surface area contributed by atoms with Crippen LogP contribution in [0.15, 0.2) is 109 Å². The molecule has 0 N–H and O–H groups in total. The van der Waals surface area contributed by atoms with Crippen molar-refractivity contribution in [2.24, 2.45) is 0 Å². The molecule has 0 saturated carbocycles. The van der Waals surface area contributed by atoms with Gasteiger partial charge in [0, 0.05) is 16.6 Å². The molecule has 0 spiro atoms. The van der Waals surface area contributed by atoms with Gasteiger partial charge in [0.1, 0.15) is 12.0 Å². The second kappa shape index (κ2) is 7.26. The topological polar surface area (TPSA) is 30.7 Å². The van der Waals surface area contributed by atoms with E-state index < -0.39 is 0 Å². The molecule has 0 aliphatic rings. The quantitative estimate of drug-likeness (QED) is 0.277. The summed E-state index contributed by atoms with van der Waals surface area (Å²) in [6, 6.07) is 36.6. The van der Waals surface area contributed by atoms with Gasteiger partial charge in [-0.1, -0.05) is 84.4 Å². The summed E-state index contributed by atoms with van der Waals surface area (Å²) in [5.74, 6) is 0. The summed E-state index contributed by atoms with van der Waals surface area (Å²) in [5, 5.41) is 7.17. The summed E-state index contributed by atoms with van der Waals surface area (Å²) in [4.78, 5) is 9.66. The molecule has 2 aromatic heterocycles. The minimum Gasteiger partial charge on any atom is -0.294 e. The maximum atomic E-state index is 4.84. The molecule has 7 aromatic rings. The molecule has 5 aromatic carbocycles. The number of benzene rings is 5. The first-order valence-corrected chi connectivity index (χ1v) is 11.5. The van der Waals surface area contributed by atoms with Crippen molar-refractivity contribution in [3.8, 4) is 16.9 Å². The molecule has 0 amide bonds. The fraction of sp³-hybridized carbons (Fsp3) is 0.0323. The molecule has 0 fully saturated rings. The van der Waals surface area contributed by atoms with Crippen molar-refractivity contribution in [2.75, 3.05) is 0 Å². The average molecular weight is 436 g/mol. The van der Waals surface area contributed by atoms with Gasteiger partial charge in [-0.2, -0.15) is 0 Å². The van der Waals surface area contributed by atoms with Crippen LogP contribution >= 0.6 is 0 Å². The van der Waals surface area contributed by atoms with Crippen LogP contribution in [0, 0.1) is 6.92 Å². The van der Waals surface area contributed by atoms with Crippen molar-refractivity contribution < 1.29 is 0 Å². The SMILES string of the molecule is Cc1ccc2c(ccc3c2c2c(-c4ccc5ccccc5c4)ncnc2n3-c2ccccc2)c1. The van der Waals surface area contributed by atoms with Gasteiger partial charge in [-0.15, -0.1) is 0 Å². The van der Waals surface area contributed by atoms with Gasteiger partial charge in [0.2, 0.25) is 0 Å². The molecule has 0 aliphatic heterocycles. The lowest BCUT2D eigenvalue weighted by Crippen LogP contribution is -1.96. The molecule has 0 radical (unpaired) electrons. The van der Waals surface area contributed by atoms with Crippen molar-refractivity contribution in [2.45, 2.75) is 6.92 Å². The highest BCUT2D eigenvalue weighted by atomic mass is 15.1. The Morgan fingerprint density at radius 1 is 0.618 bits per heavy atom. The lowest BCUT2D eigenvalue weighted by atomic mass is 9.99. The van der Waals surface area contributed by atoms with Gasteiger partial charge in [-0.05, 0) is 52.7 Å². The predicted molar refractivity (Wildman–Crippen MR) is 142 cm³/mol. The molecule has 3 heteroatoms. The number of aryl methyl sites for hydroxylation is 1. The second-order valence-electron chi connectivity index (χ2n) is 8.84. The Morgan fingerprint density at radius 2 is 1.41 bits per heavy atom. The predicted octanol–water partition coefficient (Wildman–Crippen LogP) is 7.86. The summed E-state index contributed by atoms with van der Waals surface area (Å²) < 4.78 is 2.26. The van der Waals surface area contributed by atoms with E-state index in [4.69, 9.17) is 9.97 Å². The van der Waals surface area contributed by atoms with Crippen LogP contribution in [0.2, 0.25) is 0 Å². The van der Waals surface area contributed by atoms with Crippen LogP contribution in [0.25, 0.3) is 60.4 Å². The summed E-state index contributed by atoms with van der Waals surface area (Å²) in [5.41, 5.74) is 6.47. The van der Waals surface area contributed by atoms with Gasteiger partial charge in [0.15, 0.2) is 0 Å². The number of aromatic nitrogens is 3. The summed E-state index contributed by atoms with van der Waals surface area (Å²) >= 11 is 0. The Hall–Kier alpha value is -4.50. The second-order valence-corrected chi connectivity index (χ2v) is 8.84. The van der Waals surface area contributed by atoms with Gasteiger partial charge in [-0.25, -0.2) is 9.97 Å². The molecule has 0 saturated heterocycles. The Balaban J connectivity index is 1.67. The Kier molecular flexibility index (Phi) is 4.06. The molecule has 0 bridgehead atoms. The van der Waals surface area contributed by atoms with E-state index in [9.17, 15) is 0 Å². The van der Waals surface area contributed by atoms with Gasteiger partial charge >= 0.3 is 0 Å². The van der Waals surface area contributed by atoms with Crippen molar-refractivity contribution in [3.05, 3.63) is 115 Å². The zero-order valence-corrected chi connectivity index (χ0v) is 18.7. The summed E-state index contributed by atoms with van der Waals surface area (Å²) in [7, 11) is 0. The highest BCUT2D eigenvalue weighted by molar-refractivity contribution is 6.24. The van der Waals surface area contributed by atoms with Crippen LogP contribution in [-0.4, -0.2) is 14.5 Å². The minimum absolute atomic E-state index is 0.924. The lowest BCUT2D eigenvalue weighted by Gasteiger charge is -2.07. The highest BCUT2D eigenvalue weighted by Gasteiger charge is 2.20. The molecule has 0 unspecified atom stereocenters. The molecular formula is C31H21N3. The van der Waals surface area contributed by atoms with Crippen LogP contribution in [0.4, 0.5) is 0 Å². The van der Waals surface area contributed by atoms with Crippen molar-refractivity contribution in [3.63, 3.8) is 0 Å². The Bertz CT molecular complexity index is 1860. The Labute approximate surface area is 196 Å². The average Bonchev–Trinajstić information content (AvgIpc) is 3.23. The third-order valence-electron chi connectivity index (χ3n) is 6.72. The van der Waals surface area contributed by atoms with Crippen molar-refractivity contribution in [1.82, 2.24) is 14.5 Å². The van der Waals surface area contributed by atoms with E-state index in [1.807, 2.05) is 6.07 Å². The zero-order chi connectivity index (χ0) is 22.6. The van der Waals surface area contributed by atoms with Gasteiger partial charge in [-0.3, -0.25) is 4.57 Å². The van der Waals surface area contributed by atoms with Crippen LogP contribution in [0.1, 0.15) is 5.56 Å². The fourth-order valence-corrected chi connectivity index (χ4v) is 5.17. The maximum absolute atomic E-state index is 4.84. The monoisotopic (exact) mass is 435 g/mol. The minimum atomic E-state index is 0.924. The van der Waals surface area contributed by atoms with E-state index in [2.05, 4.69) is 109 Å². The van der Waals surface area contributed by atoms with E-state index in [0.717, 1.165) is 33.5 Å². The molecule has 2 heterocycles. The standard InChI is InChI=1S/C31H21N3/c1-20-11-15-26-23(17-20)14-16-27-28(26)29-30(24-13-12-21-7-5-6-8-22(21)18-24)32-19-33-31(29)34(27)25-9-3-2-4-10-25/h2-19H,1H3. The number of fused-ring (bicyclic) bond motifs is 6. The third-order valence-corrected chi connectivity index (χ3v) is 6.72. The van der Waals surface area contributed by atoms with Gasteiger partial charge in [0.25, 0.3) is 0 Å². The normalized spacial score (nSPS) is 11.7. The largest absolute Gasteiger partial charge is 0.294 e. The van der Waals surface area contributed by atoms with E-state index in [1.54, 1.807) is 6.33 Å². The lowest BCUT2D eigenvalue weighted by molar-refractivity contribution is 1.11. The molecule has 0 atom stereocenters. The van der Waals surface area contributed by atoms with Crippen molar-refractivity contribution >= 4 is 43.5 Å². The zero-order valence-electron chi connectivity index (χ0n) is 18.7. The molecule has 3 nitrogen and oxygen atoms in total. The van der Waals surface area contributed by atoms with Crippen molar-refractivity contribution in [1.29, 1.82) is 0 Å². The molecule has 0 aliphatic carbocycles. The van der Waals surface area contributed by atoms with Gasteiger partial charge < -0.3 is 0 Å². The first-order chi connectivity index (χ1) is 16.8. The number of hydrogen-bond acceptors (Lipinski definition) is 2. The van der Waals surface area contributed by atoms with Crippen LogP contribution in [0.3, 0.4) is 0 Å². The first-order valence-electron chi connectivity index (χ1n) is 11.5. The first kappa shape index (κ1) is 19.0. The molecule has 160 valence electrons. The van der Waals surface area contributed by atoms with E-state index in [-0.39, 0.29) is 0 Å². The Morgan fingerprint density at radius 3 is 2.29 bits per heavy atom. The van der Waals surface area contributed by atoms with E-state index in [1.165, 1.54) is 32.5 Å². The molecule has 34 heavy (non-hydrogen) atoms. The number of rotatable bonds is 2. The summed E-state index contributed by atoms with van der Waals surface area (Å²) in [6.45, 7) is 2.14. The number of para-hydroxylation sites is 1. The summed E-state index contributed by atoms with van der Waals surface area (Å²) in [6.07, 6.45) is 1.69. The number of nitrogens with zero attached hydrogens (tertiary/aromatic N) is 3. The van der Waals surface area contributed by atoms with Crippen LogP contribution in [0.5, 0.6) is 0 Å². The van der Waals surface area contributed by atoms with Gasteiger partial charge in [0.05, 0.1) is 16.6 Å². The number of hydrogen-bond donors (Lipinski definition) is 0. The fourth-order valence-electron chi connectivity index (χ4n) is 5.17. The highest BCUT2D eigenvalue weighted by Crippen LogP contribution is 2.40. The van der Waals surface area contributed by atoms with E-state index >= 15 is 0 Å². The molecular weight excluding hydrogens is 414 g/mol. The van der Waals surface area contributed by atoms with Crippen LogP contribution < -0.4 is 0 Å². The third kappa shape index (κ3) is 2.77. The maximum Gasteiger partial charge on any atom is 0.149 e.